The van der Waals surface area contributed by atoms with Crippen LogP contribution < -0.4 is 20.6 Å². The van der Waals surface area contributed by atoms with Gasteiger partial charge in [-0.2, -0.15) is 0 Å². The molecule has 10 nitrogen and oxygen atoms in total. The highest BCUT2D eigenvalue weighted by Crippen LogP contribution is 2.32. The van der Waals surface area contributed by atoms with Gasteiger partial charge < -0.3 is 28.7 Å². The molecule has 10 heteroatoms. The smallest absolute Gasteiger partial charge is 0.339 e. The van der Waals surface area contributed by atoms with E-state index in [0.29, 0.717) is 43.0 Å². The number of amides is 2. The molecule has 2 aliphatic rings. The molecule has 1 unspecified atom stereocenters. The van der Waals surface area contributed by atoms with Gasteiger partial charge in [-0.3, -0.25) is 0 Å². The van der Waals surface area contributed by atoms with Crippen LogP contribution in [0.5, 0.6) is 5.75 Å². The highest BCUT2D eigenvalue weighted by molar-refractivity contribution is 5.82. The Labute approximate surface area is 255 Å². The maximum Gasteiger partial charge on any atom is 0.339 e. The molecule has 2 saturated heterocycles. The highest BCUT2D eigenvalue weighted by Gasteiger charge is 2.44. The summed E-state index contributed by atoms with van der Waals surface area (Å²) in [7, 11) is 0. The number of nitrogens with zero attached hydrogens (tertiary/aromatic N) is 5. The minimum atomic E-state index is -0.368. The lowest BCUT2D eigenvalue weighted by Crippen LogP contribution is -2.52. The van der Waals surface area contributed by atoms with Crippen molar-refractivity contribution in [1.29, 1.82) is 0 Å². The second-order valence-electron chi connectivity index (χ2n) is 12.1. The normalized spacial score (nSPS) is 17.0. The number of hydrogen-bond acceptors (Lipinski definition) is 7. The van der Waals surface area contributed by atoms with Crippen LogP contribution in [0.3, 0.4) is 0 Å². The van der Waals surface area contributed by atoms with E-state index in [-0.39, 0.29) is 23.1 Å². The van der Waals surface area contributed by atoms with Crippen molar-refractivity contribution in [3.05, 3.63) is 100 Å². The summed E-state index contributed by atoms with van der Waals surface area (Å²) in [6, 6.07) is 15.8. The minimum Gasteiger partial charge on any atom is -0.493 e. The second kappa shape index (κ2) is 11.3. The van der Waals surface area contributed by atoms with E-state index in [1.54, 1.807) is 18.5 Å². The van der Waals surface area contributed by atoms with Gasteiger partial charge in [0.2, 0.25) is 0 Å². The third kappa shape index (κ3) is 5.25. The van der Waals surface area contributed by atoms with Gasteiger partial charge >= 0.3 is 11.7 Å². The Kier molecular flexibility index (Phi) is 7.20. The number of piperidine rings is 1. The van der Waals surface area contributed by atoms with E-state index in [9.17, 15) is 9.59 Å². The molecule has 226 valence electrons. The first-order valence-corrected chi connectivity index (χ1v) is 15.2. The Morgan fingerprint density at radius 1 is 1.05 bits per heavy atom. The monoisotopic (exact) mass is 592 g/mol. The molecule has 2 aliphatic heterocycles. The molecule has 2 fully saturated rings. The van der Waals surface area contributed by atoms with E-state index < -0.39 is 0 Å². The third-order valence-corrected chi connectivity index (χ3v) is 9.22. The Morgan fingerprint density at radius 2 is 1.82 bits per heavy atom. The first kappa shape index (κ1) is 27.9. The molecule has 5 heterocycles. The molecule has 7 rings (SSSR count). The molecular weight excluding hydrogens is 556 g/mol. The maximum atomic E-state index is 13.1. The van der Waals surface area contributed by atoms with Crippen molar-refractivity contribution in [2.75, 3.05) is 37.7 Å². The van der Waals surface area contributed by atoms with E-state index in [1.807, 2.05) is 58.9 Å². The lowest BCUT2D eigenvalue weighted by molar-refractivity contribution is 0.217. The summed E-state index contributed by atoms with van der Waals surface area (Å²) in [5.74, 6) is 1.76. The number of anilines is 1. The van der Waals surface area contributed by atoms with Crippen LogP contribution in [-0.4, -0.2) is 63.6 Å². The Balaban J connectivity index is 0.988. The number of carbonyl (C=O) groups excluding carboxylic acids is 1. The van der Waals surface area contributed by atoms with Crippen LogP contribution in [0.25, 0.3) is 16.6 Å². The summed E-state index contributed by atoms with van der Waals surface area (Å²) >= 11 is 0. The number of urea groups is 1. The average Bonchev–Trinajstić information content (AvgIpc) is 3.64. The van der Waals surface area contributed by atoms with Crippen molar-refractivity contribution in [3.63, 3.8) is 0 Å². The number of nitrogens with one attached hydrogen (secondary N) is 1. The zero-order valence-electron chi connectivity index (χ0n) is 25.0. The van der Waals surface area contributed by atoms with Crippen LogP contribution in [0.1, 0.15) is 42.4 Å². The van der Waals surface area contributed by atoms with Gasteiger partial charge in [-0.1, -0.05) is 37.3 Å². The van der Waals surface area contributed by atoms with Gasteiger partial charge in [-0.25, -0.2) is 19.6 Å². The summed E-state index contributed by atoms with van der Waals surface area (Å²) in [4.78, 5) is 39.3. The van der Waals surface area contributed by atoms with E-state index in [0.717, 1.165) is 48.3 Å². The van der Waals surface area contributed by atoms with Crippen molar-refractivity contribution < 1.29 is 13.9 Å². The third-order valence-electron chi connectivity index (χ3n) is 9.22. The maximum absolute atomic E-state index is 13.1. The van der Waals surface area contributed by atoms with Crippen molar-refractivity contribution >= 4 is 28.5 Å². The summed E-state index contributed by atoms with van der Waals surface area (Å²) in [6.07, 6.45) is 9.43. The Hall–Kier alpha value is -4.86. The number of hydrogen-bond donors (Lipinski definition) is 1. The van der Waals surface area contributed by atoms with Crippen LogP contribution in [0.15, 0.2) is 82.5 Å². The minimum absolute atomic E-state index is 0.0821. The first-order valence-electron chi connectivity index (χ1n) is 15.2. The van der Waals surface area contributed by atoms with Gasteiger partial charge in [0.15, 0.2) is 11.5 Å². The van der Waals surface area contributed by atoms with E-state index in [2.05, 4.69) is 39.2 Å². The summed E-state index contributed by atoms with van der Waals surface area (Å²) in [6.45, 7) is 7.20. The molecule has 3 aromatic heterocycles. The van der Waals surface area contributed by atoms with E-state index in [1.165, 1.54) is 5.56 Å². The number of benzene rings is 2. The van der Waals surface area contributed by atoms with Crippen molar-refractivity contribution in [2.45, 2.75) is 44.6 Å². The largest absolute Gasteiger partial charge is 0.493 e. The summed E-state index contributed by atoms with van der Waals surface area (Å²) < 4.78 is 13.8. The molecule has 2 amide bonds. The van der Waals surface area contributed by atoms with Crippen LogP contribution in [-0.2, 0) is 6.42 Å². The number of ether oxygens (including phenoxy) is 1. The highest BCUT2D eigenvalue weighted by atomic mass is 16.5. The molecule has 0 bridgehead atoms. The SMILES string of the molecule is Cc1c(CCN2CC3(CCN(c4nccn5ccnc45)CC3)NC2=O)c(=O)oc2cc(OCC(C)c3ccccc3)ccc12. The van der Waals surface area contributed by atoms with Gasteiger partial charge in [0.25, 0.3) is 0 Å². The zero-order chi connectivity index (χ0) is 30.3. The number of imidazole rings is 1. The van der Waals surface area contributed by atoms with Gasteiger partial charge in [0.05, 0.1) is 12.1 Å². The molecule has 0 aliphatic carbocycles. The van der Waals surface area contributed by atoms with Gasteiger partial charge in [0, 0.05) is 73.9 Å². The number of aromatic nitrogens is 3. The Bertz CT molecular complexity index is 1880. The number of aryl methyl sites for hydroxylation is 1. The molecule has 1 spiro atoms. The summed E-state index contributed by atoms with van der Waals surface area (Å²) in [5, 5.41) is 4.13. The molecule has 1 N–H and O–H groups in total. The van der Waals surface area contributed by atoms with Crippen LogP contribution in [0.4, 0.5) is 10.6 Å². The predicted octanol–water partition coefficient (Wildman–Crippen LogP) is 4.93. The summed E-state index contributed by atoms with van der Waals surface area (Å²) in [5.41, 5.74) is 3.39. The van der Waals surface area contributed by atoms with Crippen LogP contribution >= 0.6 is 0 Å². The van der Waals surface area contributed by atoms with Crippen LogP contribution in [0, 0.1) is 6.92 Å². The van der Waals surface area contributed by atoms with E-state index in [4.69, 9.17) is 9.15 Å². The second-order valence-corrected chi connectivity index (χ2v) is 12.1. The molecule has 5 aromatic rings. The topological polar surface area (TPSA) is 105 Å². The quantitative estimate of drug-likeness (QED) is 0.255. The first-order chi connectivity index (χ1) is 21.4. The van der Waals surface area contributed by atoms with Gasteiger partial charge in [-0.05, 0) is 49.4 Å². The van der Waals surface area contributed by atoms with Gasteiger partial charge in [0.1, 0.15) is 11.3 Å². The molecule has 0 radical (unpaired) electrons. The standard InChI is InChI=1S/C34H36N6O4/c1-23(25-6-4-3-5-7-25)21-43-26-8-9-27-24(2)28(32(41)44-29(27)20-26)10-15-40-22-34(37-33(40)42)11-16-38(17-12-34)30-31-36-14-19-39(31)18-13-35-30/h3-9,13-14,18-20,23H,10-12,15-17,21-22H2,1-2H3,(H,37,42). The fourth-order valence-electron chi connectivity index (χ4n) is 6.56. The molecule has 1 atom stereocenters. The van der Waals surface area contributed by atoms with Crippen molar-refractivity contribution in [3.8, 4) is 5.75 Å². The van der Waals surface area contributed by atoms with Gasteiger partial charge in [-0.15, -0.1) is 0 Å². The fraction of sp³-hybridized carbons (Fsp3) is 0.353. The Morgan fingerprint density at radius 3 is 2.61 bits per heavy atom. The number of carbonyl (C=O) groups is 1. The molecule has 2 aromatic carbocycles. The fourth-order valence-corrected chi connectivity index (χ4v) is 6.56. The lowest BCUT2D eigenvalue weighted by atomic mass is 9.88. The molecule has 44 heavy (non-hydrogen) atoms. The lowest BCUT2D eigenvalue weighted by Gasteiger charge is -2.39. The molecular formula is C34H36N6O4. The number of fused-ring (bicyclic) bond motifs is 2. The number of rotatable bonds is 8. The molecule has 0 saturated carbocycles. The van der Waals surface area contributed by atoms with E-state index >= 15 is 0 Å². The average molecular weight is 593 g/mol. The van der Waals surface area contributed by atoms with Crippen molar-refractivity contribution in [1.82, 2.24) is 24.6 Å². The van der Waals surface area contributed by atoms with Crippen LogP contribution in [0.2, 0.25) is 0 Å². The van der Waals surface area contributed by atoms with Crippen molar-refractivity contribution in [2.24, 2.45) is 0 Å². The zero-order valence-corrected chi connectivity index (χ0v) is 25.0. The predicted molar refractivity (Wildman–Crippen MR) is 169 cm³/mol.